The Morgan fingerprint density at radius 2 is 2.04 bits per heavy atom. The van der Waals surface area contributed by atoms with Crippen LogP contribution in [0, 0.1) is 5.41 Å². The average Bonchev–Trinajstić information content (AvgIpc) is 3.15. The molecule has 4 aliphatic heterocycles. The van der Waals surface area contributed by atoms with Crippen LogP contribution in [0.4, 0.5) is 5.69 Å². The van der Waals surface area contributed by atoms with E-state index in [2.05, 4.69) is 35.8 Å². The Morgan fingerprint density at radius 1 is 1.20 bits per heavy atom. The molecule has 0 aliphatic carbocycles. The first-order chi connectivity index (χ1) is 12.2. The van der Waals surface area contributed by atoms with Crippen LogP contribution in [0.5, 0.6) is 0 Å². The summed E-state index contributed by atoms with van der Waals surface area (Å²) >= 11 is 0. The van der Waals surface area contributed by atoms with E-state index in [1.807, 2.05) is 12.1 Å². The number of benzene rings is 1. The van der Waals surface area contributed by atoms with Crippen molar-refractivity contribution in [2.24, 2.45) is 5.41 Å². The lowest BCUT2D eigenvalue weighted by molar-refractivity contribution is -0.0834. The fourth-order valence-electron chi connectivity index (χ4n) is 6.62. The van der Waals surface area contributed by atoms with E-state index in [4.69, 9.17) is 4.74 Å². The number of hydrogen-bond donors (Lipinski definition) is 0. The third-order valence-corrected chi connectivity index (χ3v) is 7.46. The highest BCUT2D eigenvalue weighted by molar-refractivity contribution is 6.15. The van der Waals surface area contributed by atoms with Gasteiger partial charge in [0.1, 0.15) is 11.8 Å². The normalized spacial score (nSPS) is 39.3. The van der Waals surface area contributed by atoms with Crippen molar-refractivity contribution >= 4 is 11.5 Å². The summed E-state index contributed by atoms with van der Waals surface area (Å²) in [5, 5.41) is 0. The Kier molecular flexibility index (Phi) is 3.36. The smallest absolute Gasteiger partial charge is 0.192 e. The van der Waals surface area contributed by atoms with Gasteiger partial charge in [-0.25, -0.2) is 0 Å². The van der Waals surface area contributed by atoms with E-state index in [0.29, 0.717) is 18.4 Å². The molecule has 4 atom stereocenters. The van der Waals surface area contributed by atoms with Crippen molar-refractivity contribution in [3.8, 4) is 0 Å². The maximum absolute atomic E-state index is 13.7. The molecule has 4 aliphatic rings. The van der Waals surface area contributed by atoms with Crippen molar-refractivity contribution in [2.75, 3.05) is 24.6 Å². The van der Waals surface area contributed by atoms with E-state index < -0.39 is 5.54 Å². The molecule has 0 radical (unpaired) electrons. The quantitative estimate of drug-likeness (QED) is 0.844. The number of carbonyl (C=O) groups is 1. The summed E-state index contributed by atoms with van der Waals surface area (Å²) in [7, 11) is 0. The summed E-state index contributed by atoms with van der Waals surface area (Å²) in [5.74, 6) is 0.347. The standard InChI is InChI=1S/C21H28N2O2/c1-3-20-10-7-12-22-13-11-21(19(20)22)18(24)15-8-5-6-9-16(15)23(21)17(14-20)25-4-2/h5-6,8-9,17,19H,3-4,7,10-14H2,1-2H3/t17-,19-,20-,21+/m1/s1. The average molecular weight is 340 g/mol. The number of ketones is 1. The molecular weight excluding hydrogens is 312 g/mol. The zero-order chi connectivity index (χ0) is 17.2. The van der Waals surface area contributed by atoms with Gasteiger partial charge in [0.05, 0.1) is 5.69 Å². The lowest BCUT2D eigenvalue weighted by Gasteiger charge is -2.60. The molecular formula is C21H28N2O2. The second-order valence-electron chi connectivity index (χ2n) is 8.26. The van der Waals surface area contributed by atoms with Gasteiger partial charge in [-0.3, -0.25) is 9.69 Å². The minimum Gasteiger partial charge on any atom is -0.359 e. The number of piperidine rings is 2. The van der Waals surface area contributed by atoms with Crippen molar-refractivity contribution in [3.63, 3.8) is 0 Å². The van der Waals surface area contributed by atoms with E-state index in [0.717, 1.165) is 43.6 Å². The second-order valence-corrected chi connectivity index (χ2v) is 8.26. The zero-order valence-corrected chi connectivity index (χ0v) is 15.3. The Labute approximate surface area is 150 Å². The van der Waals surface area contributed by atoms with Crippen LogP contribution in [-0.4, -0.2) is 48.2 Å². The molecule has 1 spiro atoms. The van der Waals surface area contributed by atoms with Gasteiger partial charge in [0, 0.05) is 24.8 Å². The summed E-state index contributed by atoms with van der Waals surface area (Å²) in [6.07, 6.45) is 5.62. The number of nitrogens with zero attached hydrogens (tertiary/aromatic N) is 2. The summed E-state index contributed by atoms with van der Waals surface area (Å²) in [4.78, 5) is 18.8. The van der Waals surface area contributed by atoms with Crippen molar-refractivity contribution in [1.82, 2.24) is 4.90 Å². The first-order valence-corrected chi connectivity index (χ1v) is 9.97. The predicted octanol–water partition coefficient (Wildman–Crippen LogP) is 3.46. The number of carbonyl (C=O) groups excluding carboxylic acids is 1. The Bertz CT molecular complexity index is 720. The van der Waals surface area contributed by atoms with E-state index in [9.17, 15) is 4.79 Å². The topological polar surface area (TPSA) is 32.8 Å². The number of fused-ring (bicyclic) bond motifs is 2. The molecule has 134 valence electrons. The van der Waals surface area contributed by atoms with Crippen LogP contribution >= 0.6 is 0 Å². The van der Waals surface area contributed by atoms with Gasteiger partial charge in [0.2, 0.25) is 0 Å². The lowest BCUT2D eigenvalue weighted by Crippen LogP contribution is -2.73. The minimum atomic E-state index is -0.405. The lowest BCUT2D eigenvalue weighted by atomic mass is 9.59. The van der Waals surface area contributed by atoms with Crippen molar-refractivity contribution in [2.45, 2.75) is 63.8 Å². The molecule has 25 heavy (non-hydrogen) atoms. The van der Waals surface area contributed by atoms with Crippen molar-refractivity contribution in [1.29, 1.82) is 0 Å². The maximum Gasteiger partial charge on any atom is 0.192 e. The Balaban J connectivity index is 1.73. The van der Waals surface area contributed by atoms with E-state index in [1.165, 1.54) is 12.8 Å². The zero-order valence-electron chi connectivity index (χ0n) is 15.3. The fourth-order valence-corrected chi connectivity index (χ4v) is 6.62. The monoisotopic (exact) mass is 340 g/mol. The maximum atomic E-state index is 13.7. The summed E-state index contributed by atoms with van der Waals surface area (Å²) < 4.78 is 6.28. The molecule has 0 saturated carbocycles. The highest BCUT2D eigenvalue weighted by Gasteiger charge is 2.70. The molecule has 4 heteroatoms. The van der Waals surface area contributed by atoms with Crippen LogP contribution in [0.3, 0.4) is 0 Å². The summed E-state index contributed by atoms with van der Waals surface area (Å²) in [6, 6.07) is 8.55. The van der Waals surface area contributed by atoms with Crippen LogP contribution in [-0.2, 0) is 4.74 Å². The van der Waals surface area contributed by atoms with E-state index >= 15 is 0 Å². The fraction of sp³-hybridized carbons (Fsp3) is 0.667. The van der Waals surface area contributed by atoms with Crippen LogP contribution in [0.15, 0.2) is 24.3 Å². The molecule has 0 bridgehead atoms. The molecule has 0 N–H and O–H groups in total. The number of rotatable bonds is 3. The van der Waals surface area contributed by atoms with Gasteiger partial charge in [-0.15, -0.1) is 0 Å². The third-order valence-electron chi connectivity index (χ3n) is 7.46. The van der Waals surface area contributed by atoms with Gasteiger partial charge < -0.3 is 9.64 Å². The third kappa shape index (κ3) is 1.77. The summed E-state index contributed by atoms with van der Waals surface area (Å²) in [6.45, 7) is 7.28. The molecule has 5 rings (SSSR count). The van der Waals surface area contributed by atoms with Gasteiger partial charge in [0.15, 0.2) is 5.78 Å². The van der Waals surface area contributed by atoms with Crippen LogP contribution in [0.1, 0.15) is 56.3 Å². The summed E-state index contributed by atoms with van der Waals surface area (Å²) in [5.41, 5.74) is 1.82. The molecule has 1 aromatic carbocycles. The van der Waals surface area contributed by atoms with E-state index in [1.54, 1.807) is 0 Å². The van der Waals surface area contributed by atoms with Crippen molar-refractivity contribution < 1.29 is 9.53 Å². The van der Waals surface area contributed by atoms with Gasteiger partial charge in [-0.1, -0.05) is 19.1 Å². The largest absolute Gasteiger partial charge is 0.359 e. The number of hydrogen-bond acceptors (Lipinski definition) is 4. The first kappa shape index (κ1) is 15.8. The highest BCUT2D eigenvalue weighted by atomic mass is 16.5. The molecule has 0 unspecified atom stereocenters. The van der Waals surface area contributed by atoms with Gasteiger partial charge in [-0.2, -0.15) is 0 Å². The SMILES string of the molecule is CCO[C@@H]1C[C@@]2(CC)CCCN3CC[C@]4(C(=O)c5ccccc5N14)[C@H]32. The van der Waals surface area contributed by atoms with Crippen molar-refractivity contribution in [3.05, 3.63) is 29.8 Å². The van der Waals surface area contributed by atoms with E-state index in [-0.39, 0.29) is 11.6 Å². The minimum absolute atomic E-state index is 0.0202. The molecule has 0 amide bonds. The first-order valence-electron chi connectivity index (χ1n) is 9.97. The molecule has 1 aromatic rings. The number of anilines is 1. The molecule has 4 heterocycles. The second kappa shape index (κ2) is 5.31. The van der Waals surface area contributed by atoms with Gasteiger partial charge in [-0.05, 0) is 63.1 Å². The van der Waals surface area contributed by atoms with Crippen LogP contribution < -0.4 is 4.90 Å². The molecule has 3 fully saturated rings. The highest BCUT2D eigenvalue weighted by Crippen LogP contribution is 2.61. The number of Topliss-reactive ketones (excluding diaryl/α,β-unsaturated/α-hetero) is 1. The Morgan fingerprint density at radius 3 is 2.84 bits per heavy atom. The predicted molar refractivity (Wildman–Crippen MR) is 97.9 cm³/mol. The molecule has 0 aromatic heterocycles. The number of ether oxygens (including phenoxy) is 1. The molecule has 4 nitrogen and oxygen atoms in total. The van der Waals surface area contributed by atoms with Gasteiger partial charge in [0.25, 0.3) is 0 Å². The molecule has 3 saturated heterocycles. The van der Waals surface area contributed by atoms with Crippen LogP contribution in [0.25, 0.3) is 0 Å². The number of para-hydroxylation sites is 1. The Hall–Kier alpha value is -1.39. The van der Waals surface area contributed by atoms with Crippen LogP contribution in [0.2, 0.25) is 0 Å². The van der Waals surface area contributed by atoms with Gasteiger partial charge >= 0.3 is 0 Å².